The number of alkyl halides is 3. The van der Waals surface area contributed by atoms with Gasteiger partial charge in [-0.2, -0.15) is 13.2 Å². The van der Waals surface area contributed by atoms with Crippen LogP contribution < -0.4 is 5.32 Å². The van der Waals surface area contributed by atoms with E-state index in [1.54, 1.807) is 13.8 Å². The van der Waals surface area contributed by atoms with Crippen molar-refractivity contribution in [1.82, 2.24) is 5.32 Å². The first-order valence-corrected chi connectivity index (χ1v) is 5.95. The molecule has 2 N–H and O–H groups in total. The summed E-state index contributed by atoms with van der Waals surface area (Å²) < 4.78 is 51.2. The number of nitrogens with one attached hydrogen (secondary N) is 1. The Balaban J connectivity index is 3.10. The maximum atomic E-state index is 12.9. The molecule has 1 aromatic carbocycles. The molecule has 0 spiro atoms. The summed E-state index contributed by atoms with van der Waals surface area (Å²) in [4.78, 5) is 11.9. The third kappa shape index (κ3) is 3.93. The smallest absolute Gasteiger partial charge is 0.394 e. The molecule has 1 aromatic rings. The second-order valence-corrected chi connectivity index (χ2v) is 4.69. The minimum Gasteiger partial charge on any atom is -0.394 e. The van der Waals surface area contributed by atoms with Crippen molar-refractivity contribution >= 4 is 5.91 Å². The Bertz CT molecular complexity index is 486. The molecule has 0 saturated heterocycles. The van der Waals surface area contributed by atoms with Gasteiger partial charge in [-0.15, -0.1) is 0 Å². The summed E-state index contributed by atoms with van der Waals surface area (Å²) in [7, 11) is 0. The number of aliphatic hydroxyl groups excluding tert-OH is 1. The lowest BCUT2D eigenvalue weighted by Gasteiger charge is -2.21. The van der Waals surface area contributed by atoms with E-state index >= 15 is 0 Å². The van der Waals surface area contributed by atoms with Gasteiger partial charge < -0.3 is 10.4 Å². The number of carbonyl (C=O) groups is 1. The first kappa shape index (κ1) is 16.4. The van der Waals surface area contributed by atoms with Crippen LogP contribution in [0, 0.1) is 11.7 Å². The second kappa shape index (κ2) is 6.21. The second-order valence-electron chi connectivity index (χ2n) is 4.69. The molecule has 0 aliphatic rings. The zero-order chi connectivity index (χ0) is 15.5. The molecular formula is C13H15F4NO2. The van der Waals surface area contributed by atoms with Crippen molar-refractivity contribution in [3.63, 3.8) is 0 Å². The highest BCUT2D eigenvalue weighted by Crippen LogP contribution is 2.32. The largest absolute Gasteiger partial charge is 0.417 e. The Morgan fingerprint density at radius 2 is 1.95 bits per heavy atom. The van der Waals surface area contributed by atoms with Gasteiger partial charge in [-0.1, -0.05) is 13.8 Å². The van der Waals surface area contributed by atoms with Crippen LogP contribution in [0.15, 0.2) is 18.2 Å². The normalized spacial score (nSPS) is 13.4. The van der Waals surface area contributed by atoms with E-state index in [-0.39, 0.29) is 12.0 Å². The minimum atomic E-state index is -4.83. The van der Waals surface area contributed by atoms with E-state index in [1.165, 1.54) is 0 Å². The van der Waals surface area contributed by atoms with Crippen molar-refractivity contribution in [3.8, 4) is 0 Å². The summed E-state index contributed by atoms with van der Waals surface area (Å²) in [5.41, 5.74) is -2.01. The van der Waals surface area contributed by atoms with Crippen LogP contribution >= 0.6 is 0 Å². The maximum Gasteiger partial charge on any atom is 0.417 e. The predicted octanol–water partition coefficient (Wildman–Crippen LogP) is 2.59. The van der Waals surface area contributed by atoms with Gasteiger partial charge in [0.1, 0.15) is 5.82 Å². The van der Waals surface area contributed by atoms with Crippen LogP contribution in [0.4, 0.5) is 17.6 Å². The predicted molar refractivity (Wildman–Crippen MR) is 64.6 cm³/mol. The molecule has 0 saturated carbocycles. The van der Waals surface area contributed by atoms with Crippen molar-refractivity contribution in [2.75, 3.05) is 6.61 Å². The van der Waals surface area contributed by atoms with Crippen LogP contribution in [0.25, 0.3) is 0 Å². The molecular weight excluding hydrogens is 278 g/mol. The highest BCUT2D eigenvalue weighted by molar-refractivity contribution is 5.96. The van der Waals surface area contributed by atoms with Gasteiger partial charge in [0.05, 0.1) is 23.8 Å². The third-order valence-corrected chi connectivity index (χ3v) is 2.85. The molecule has 20 heavy (non-hydrogen) atoms. The van der Waals surface area contributed by atoms with Crippen LogP contribution in [0.5, 0.6) is 0 Å². The number of rotatable bonds is 4. The van der Waals surface area contributed by atoms with Gasteiger partial charge in [0.15, 0.2) is 0 Å². The Hall–Kier alpha value is -1.63. The molecule has 0 aromatic heterocycles. The third-order valence-electron chi connectivity index (χ3n) is 2.85. The molecule has 0 heterocycles. The number of benzene rings is 1. The number of hydrogen-bond donors (Lipinski definition) is 2. The number of amides is 1. The Morgan fingerprint density at radius 1 is 1.35 bits per heavy atom. The van der Waals surface area contributed by atoms with E-state index in [0.29, 0.717) is 0 Å². The van der Waals surface area contributed by atoms with Gasteiger partial charge in [-0.25, -0.2) is 4.39 Å². The average Bonchev–Trinajstić information content (AvgIpc) is 2.34. The molecule has 0 aliphatic heterocycles. The Morgan fingerprint density at radius 3 is 2.40 bits per heavy atom. The Labute approximate surface area is 113 Å². The fourth-order valence-electron chi connectivity index (χ4n) is 1.62. The van der Waals surface area contributed by atoms with E-state index in [0.717, 1.165) is 12.1 Å². The number of halogens is 4. The average molecular weight is 293 g/mol. The van der Waals surface area contributed by atoms with Crippen LogP contribution in [0.2, 0.25) is 0 Å². The molecule has 0 unspecified atom stereocenters. The molecule has 0 bridgehead atoms. The van der Waals surface area contributed by atoms with Crippen molar-refractivity contribution in [3.05, 3.63) is 35.1 Å². The summed E-state index contributed by atoms with van der Waals surface area (Å²) in [5.74, 6) is -2.22. The molecule has 1 rings (SSSR count). The van der Waals surface area contributed by atoms with Gasteiger partial charge in [-0.3, -0.25) is 4.79 Å². The van der Waals surface area contributed by atoms with Crippen LogP contribution in [0.3, 0.4) is 0 Å². The highest BCUT2D eigenvalue weighted by Gasteiger charge is 2.36. The van der Waals surface area contributed by atoms with Gasteiger partial charge in [0, 0.05) is 0 Å². The van der Waals surface area contributed by atoms with Crippen molar-refractivity contribution in [2.45, 2.75) is 26.1 Å². The lowest BCUT2D eigenvalue weighted by atomic mass is 10.0. The summed E-state index contributed by atoms with van der Waals surface area (Å²) in [6.07, 6.45) is -4.83. The topological polar surface area (TPSA) is 49.3 Å². The quantitative estimate of drug-likeness (QED) is 0.838. The van der Waals surface area contributed by atoms with E-state index in [9.17, 15) is 22.4 Å². The Kier molecular flexibility index (Phi) is 5.10. The molecule has 0 radical (unpaired) electrons. The number of carbonyl (C=O) groups excluding carboxylic acids is 1. The van der Waals surface area contributed by atoms with Gasteiger partial charge in [0.25, 0.3) is 5.91 Å². The molecule has 0 aliphatic carbocycles. The van der Waals surface area contributed by atoms with Crippen LogP contribution in [0.1, 0.15) is 29.8 Å². The van der Waals surface area contributed by atoms with E-state index in [1.807, 2.05) is 0 Å². The monoisotopic (exact) mass is 293 g/mol. The standard InChI is InChI=1S/C13H15F4NO2/c1-7(2)11(6-19)18-12(20)9-4-3-8(14)5-10(9)13(15,16)17/h3-5,7,11,19H,6H2,1-2H3,(H,18,20)/t11-/m1/s1. The SMILES string of the molecule is CC(C)[C@@H](CO)NC(=O)c1ccc(F)cc1C(F)(F)F. The first-order valence-electron chi connectivity index (χ1n) is 5.95. The fourth-order valence-corrected chi connectivity index (χ4v) is 1.62. The van der Waals surface area contributed by atoms with Crippen molar-refractivity contribution in [1.29, 1.82) is 0 Å². The maximum absolute atomic E-state index is 12.9. The number of aliphatic hydroxyl groups is 1. The van der Waals surface area contributed by atoms with E-state index in [4.69, 9.17) is 5.11 Å². The fraction of sp³-hybridized carbons (Fsp3) is 0.462. The molecule has 1 atom stereocenters. The zero-order valence-corrected chi connectivity index (χ0v) is 11.0. The molecule has 1 amide bonds. The van der Waals surface area contributed by atoms with Gasteiger partial charge >= 0.3 is 6.18 Å². The molecule has 7 heteroatoms. The minimum absolute atomic E-state index is 0.154. The summed E-state index contributed by atoms with van der Waals surface area (Å²) in [6.45, 7) is 3.01. The first-order chi connectivity index (χ1) is 9.16. The van der Waals surface area contributed by atoms with Crippen molar-refractivity contribution in [2.24, 2.45) is 5.92 Å². The molecule has 3 nitrogen and oxygen atoms in total. The molecule has 0 fully saturated rings. The van der Waals surface area contributed by atoms with E-state index < -0.39 is 41.7 Å². The van der Waals surface area contributed by atoms with Gasteiger partial charge in [0.2, 0.25) is 0 Å². The van der Waals surface area contributed by atoms with Crippen LogP contribution in [-0.2, 0) is 6.18 Å². The van der Waals surface area contributed by atoms with Gasteiger partial charge in [-0.05, 0) is 24.1 Å². The number of hydrogen-bond acceptors (Lipinski definition) is 2. The summed E-state index contributed by atoms with van der Waals surface area (Å²) in [6, 6.07) is 1.17. The van der Waals surface area contributed by atoms with Crippen molar-refractivity contribution < 1.29 is 27.5 Å². The zero-order valence-electron chi connectivity index (χ0n) is 11.0. The van der Waals surface area contributed by atoms with Crippen LogP contribution in [-0.4, -0.2) is 23.7 Å². The summed E-state index contributed by atoms with van der Waals surface area (Å²) in [5, 5.41) is 11.4. The van der Waals surface area contributed by atoms with E-state index in [2.05, 4.69) is 5.32 Å². The molecule has 112 valence electrons. The highest BCUT2D eigenvalue weighted by atomic mass is 19.4. The summed E-state index contributed by atoms with van der Waals surface area (Å²) >= 11 is 0. The lowest BCUT2D eigenvalue weighted by Crippen LogP contribution is -2.41. The lowest BCUT2D eigenvalue weighted by molar-refractivity contribution is -0.138.